The van der Waals surface area contributed by atoms with Gasteiger partial charge in [0.2, 0.25) is 5.91 Å². The predicted octanol–water partition coefficient (Wildman–Crippen LogP) is 4.99. The van der Waals surface area contributed by atoms with E-state index in [1.807, 2.05) is 53.4 Å². The number of carbonyl (C=O) groups excluding carboxylic acids is 1. The van der Waals surface area contributed by atoms with Crippen molar-refractivity contribution >= 4 is 12.0 Å². The van der Waals surface area contributed by atoms with E-state index in [-0.39, 0.29) is 5.91 Å². The van der Waals surface area contributed by atoms with Crippen LogP contribution in [0.3, 0.4) is 0 Å². The van der Waals surface area contributed by atoms with Gasteiger partial charge in [-0.1, -0.05) is 67.6 Å². The van der Waals surface area contributed by atoms with Crippen LogP contribution in [-0.4, -0.2) is 21.9 Å². The molecule has 0 atom stereocenters. The largest absolute Gasteiger partial charge is 0.345 e. The molecule has 0 bridgehead atoms. The highest BCUT2D eigenvalue weighted by Gasteiger charge is 2.13. The van der Waals surface area contributed by atoms with Gasteiger partial charge in [0.15, 0.2) is 0 Å². The topological polar surface area (TPSA) is 25.2 Å². The van der Waals surface area contributed by atoms with Crippen LogP contribution in [0.1, 0.15) is 30.2 Å². The van der Waals surface area contributed by atoms with Crippen LogP contribution in [0.4, 0.5) is 0 Å². The van der Waals surface area contributed by atoms with Gasteiger partial charge in [0, 0.05) is 31.1 Å². The van der Waals surface area contributed by atoms with Gasteiger partial charge < -0.3 is 9.47 Å². The molecule has 0 saturated carbocycles. The van der Waals surface area contributed by atoms with Gasteiger partial charge in [0.25, 0.3) is 0 Å². The maximum atomic E-state index is 12.7. The van der Waals surface area contributed by atoms with E-state index in [1.54, 1.807) is 6.08 Å². The average molecular weight is 358 g/mol. The molecule has 0 radical (unpaired) electrons. The number of rotatable bonds is 8. The summed E-state index contributed by atoms with van der Waals surface area (Å²) in [6.45, 7) is 4.28. The molecule has 0 aliphatic rings. The third-order valence-electron chi connectivity index (χ3n) is 4.50. The second-order valence-corrected chi connectivity index (χ2v) is 6.62. The maximum absolute atomic E-state index is 12.7. The zero-order valence-corrected chi connectivity index (χ0v) is 15.8. The molecule has 3 nitrogen and oxygen atoms in total. The fraction of sp³-hybridized carbons (Fsp3) is 0.208. The van der Waals surface area contributed by atoms with Crippen molar-refractivity contribution in [2.24, 2.45) is 0 Å². The Morgan fingerprint density at radius 2 is 1.67 bits per heavy atom. The summed E-state index contributed by atoms with van der Waals surface area (Å²) in [5, 5.41) is 0. The van der Waals surface area contributed by atoms with Gasteiger partial charge in [-0.3, -0.25) is 4.79 Å². The highest BCUT2D eigenvalue weighted by Crippen LogP contribution is 2.12. The summed E-state index contributed by atoms with van der Waals surface area (Å²) in [6, 6.07) is 24.5. The Kier molecular flexibility index (Phi) is 6.64. The molecule has 3 aromatic rings. The van der Waals surface area contributed by atoms with E-state index < -0.39 is 0 Å². The lowest BCUT2D eigenvalue weighted by Gasteiger charge is -2.22. The van der Waals surface area contributed by atoms with Crippen LogP contribution in [-0.2, 0) is 17.9 Å². The molecular weight excluding hydrogens is 332 g/mol. The summed E-state index contributed by atoms with van der Waals surface area (Å²) in [7, 11) is 0. The van der Waals surface area contributed by atoms with Crippen LogP contribution in [0.15, 0.2) is 85.1 Å². The van der Waals surface area contributed by atoms with E-state index in [9.17, 15) is 4.79 Å². The minimum Gasteiger partial charge on any atom is -0.345 e. The summed E-state index contributed by atoms with van der Waals surface area (Å²) >= 11 is 0. The monoisotopic (exact) mass is 358 g/mol. The van der Waals surface area contributed by atoms with Crippen LogP contribution >= 0.6 is 0 Å². The number of amides is 1. The normalized spacial score (nSPS) is 11.0. The second kappa shape index (κ2) is 9.58. The number of hydrogen-bond donors (Lipinski definition) is 0. The smallest absolute Gasteiger partial charge is 0.246 e. The first-order chi connectivity index (χ1) is 13.3. The lowest BCUT2D eigenvalue weighted by atomic mass is 10.2. The van der Waals surface area contributed by atoms with E-state index in [4.69, 9.17) is 0 Å². The Hall–Kier alpha value is -3.07. The van der Waals surface area contributed by atoms with Crippen LogP contribution < -0.4 is 0 Å². The van der Waals surface area contributed by atoms with Crippen LogP contribution in [0.2, 0.25) is 0 Å². The summed E-state index contributed by atoms with van der Waals surface area (Å²) < 4.78 is 2.21. The Morgan fingerprint density at radius 1 is 0.963 bits per heavy atom. The molecule has 0 aliphatic heterocycles. The Morgan fingerprint density at radius 3 is 2.37 bits per heavy atom. The lowest BCUT2D eigenvalue weighted by Crippen LogP contribution is -2.30. The summed E-state index contributed by atoms with van der Waals surface area (Å²) in [4.78, 5) is 14.6. The van der Waals surface area contributed by atoms with Gasteiger partial charge in [-0.2, -0.15) is 0 Å². The Balaban J connectivity index is 1.70. The van der Waals surface area contributed by atoms with Gasteiger partial charge in [0.1, 0.15) is 0 Å². The SMILES string of the molecule is CCCN(Cc1cccn1Cc1ccccc1)C(=O)C=Cc1ccccc1. The van der Waals surface area contributed by atoms with Crippen LogP contribution in [0, 0.1) is 0 Å². The van der Waals surface area contributed by atoms with Crippen LogP contribution in [0.25, 0.3) is 6.08 Å². The molecule has 138 valence electrons. The van der Waals surface area contributed by atoms with E-state index in [2.05, 4.69) is 48.0 Å². The van der Waals surface area contributed by atoms with Gasteiger partial charge in [-0.05, 0) is 35.8 Å². The molecule has 2 aromatic carbocycles. The average Bonchev–Trinajstić information content (AvgIpc) is 3.14. The highest BCUT2D eigenvalue weighted by molar-refractivity contribution is 5.91. The molecule has 27 heavy (non-hydrogen) atoms. The third kappa shape index (κ3) is 5.45. The Labute approximate surface area is 161 Å². The fourth-order valence-corrected chi connectivity index (χ4v) is 3.10. The number of nitrogens with zero attached hydrogens (tertiary/aromatic N) is 2. The third-order valence-corrected chi connectivity index (χ3v) is 4.50. The first kappa shape index (κ1) is 18.7. The molecule has 3 rings (SSSR count). The molecular formula is C24H26N2O. The zero-order valence-electron chi connectivity index (χ0n) is 15.8. The van der Waals surface area contributed by atoms with E-state index in [0.29, 0.717) is 6.54 Å². The van der Waals surface area contributed by atoms with E-state index >= 15 is 0 Å². The molecule has 0 fully saturated rings. The van der Waals surface area contributed by atoms with Crippen molar-refractivity contribution in [3.05, 3.63) is 102 Å². The summed E-state index contributed by atoms with van der Waals surface area (Å²) in [5.74, 6) is 0.0492. The minimum atomic E-state index is 0.0492. The van der Waals surface area contributed by atoms with Crippen molar-refractivity contribution in [2.45, 2.75) is 26.4 Å². The van der Waals surface area contributed by atoms with Gasteiger partial charge in [-0.25, -0.2) is 0 Å². The highest BCUT2D eigenvalue weighted by atomic mass is 16.2. The van der Waals surface area contributed by atoms with E-state index in [0.717, 1.165) is 30.8 Å². The molecule has 1 amide bonds. The first-order valence-electron chi connectivity index (χ1n) is 9.46. The predicted molar refractivity (Wildman–Crippen MR) is 111 cm³/mol. The molecule has 0 spiro atoms. The molecule has 0 N–H and O–H groups in total. The van der Waals surface area contributed by atoms with Gasteiger partial charge in [-0.15, -0.1) is 0 Å². The molecule has 3 heteroatoms. The molecule has 0 saturated heterocycles. The van der Waals surface area contributed by atoms with Crippen molar-refractivity contribution in [1.29, 1.82) is 0 Å². The maximum Gasteiger partial charge on any atom is 0.246 e. The van der Waals surface area contributed by atoms with Crippen molar-refractivity contribution in [3.8, 4) is 0 Å². The number of carbonyl (C=O) groups is 1. The number of benzene rings is 2. The molecule has 1 aromatic heterocycles. The van der Waals surface area contributed by atoms with Gasteiger partial charge >= 0.3 is 0 Å². The van der Waals surface area contributed by atoms with Crippen LogP contribution in [0.5, 0.6) is 0 Å². The van der Waals surface area contributed by atoms with Crippen molar-refractivity contribution in [2.75, 3.05) is 6.54 Å². The summed E-state index contributed by atoms with van der Waals surface area (Å²) in [6.07, 6.45) is 6.57. The number of hydrogen-bond acceptors (Lipinski definition) is 1. The van der Waals surface area contributed by atoms with Crippen molar-refractivity contribution < 1.29 is 4.79 Å². The molecule has 0 unspecified atom stereocenters. The first-order valence-corrected chi connectivity index (χ1v) is 9.46. The standard InChI is InChI=1S/C24H26N2O/c1-2-17-26(24(27)16-15-21-10-5-3-6-11-21)20-23-14-9-18-25(23)19-22-12-7-4-8-13-22/h3-16,18H,2,17,19-20H2,1H3. The lowest BCUT2D eigenvalue weighted by molar-refractivity contribution is -0.126. The number of aromatic nitrogens is 1. The minimum absolute atomic E-state index is 0.0492. The Bertz CT molecular complexity index is 866. The van der Waals surface area contributed by atoms with E-state index in [1.165, 1.54) is 5.56 Å². The van der Waals surface area contributed by atoms with Gasteiger partial charge in [0.05, 0.1) is 6.54 Å². The van der Waals surface area contributed by atoms with Crippen molar-refractivity contribution in [1.82, 2.24) is 9.47 Å². The summed E-state index contributed by atoms with van der Waals surface area (Å²) in [5.41, 5.74) is 3.44. The zero-order chi connectivity index (χ0) is 18.9. The second-order valence-electron chi connectivity index (χ2n) is 6.62. The molecule has 1 heterocycles. The van der Waals surface area contributed by atoms with Crippen molar-refractivity contribution in [3.63, 3.8) is 0 Å². The fourth-order valence-electron chi connectivity index (χ4n) is 3.10. The quantitative estimate of drug-likeness (QED) is 0.521. The molecule has 0 aliphatic carbocycles.